The van der Waals surface area contributed by atoms with Crippen molar-refractivity contribution in [3.05, 3.63) is 40.4 Å². The molecule has 1 aliphatic heterocycles. The van der Waals surface area contributed by atoms with Gasteiger partial charge in [0.2, 0.25) is 0 Å². The van der Waals surface area contributed by atoms with Crippen molar-refractivity contribution in [2.45, 2.75) is 19.9 Å². The quantitative estimate of drug-likeness (QED) is 0.632. The average Bonchev–Trinajstić information content (AvgIpc) is 2.27. The van der Waals surface area contributed by atoms with Crippen LogP contribution in [-0.4, -0.2) is 18.0 Å². The minimum absolute atomic E-state index is 0.653. The normalized spacial score (nSPS) is 17.2. The van der Waals surface area contributed by atoms with Crippen molar-refractivity contribution in [3.8, 4) is 0 Å². The molecule has 0 radical (unpaired) electrons. The summed E-state index contributed by atoms with van der Waals surface area (Å²) < 4.78 is 0. The van der Waals surface area contributed by atoms with Crippen LogP contribution in [-0.2, 0) is 6.54 Å². The molecule has 0 spiro atoms. The summed E-state index contributed by atoms with van der Waals surface area (Å²) in [4.78, 5) is 2.41. The number of nitrogens with two attached hydrogens (primary N) is 1. The second kappa shape index (κ2) is 4.89. The predicted molar refractivity (Wildman–Crippen MR) is 69.5 cm³/mol. The van der Waals surface area contributed by atoms with Crippen molar-refractivity contribution in [2.24, 2.45) is 0 Å². The van der Waals surface area contributed by atoms with Gasteiger partial charge in [0, 0.05) is 19.6 Å². The van der Waals surface area contributed by atoms with Crippen molar-refractivity contribution in [2.75, 3.05) is 18.8 Å². The number of hydrogen-bond acceptors (Lipinski definition) is 2. The monoisotopic (exact) mass is 236 g/mol. The van der Waals surface area contributed by atoms with E-state index in [9.17, 15) is 0 Å². The Balaban J connectivity index is 2.02. The van der Waals surface area contributed by atoms with E-state index in [1.54, 1.807) is 0 Å². The molecule has 0 aromatic heterocycles. The van der Waals surface area contributed by atoms with Gasteiger partial charge in [-0.05, 0) is 31.0 Å². The predicted octanol–water partition coefficient (Wildman–Crippen LogP) is 3.07. The van der Waals surface area contributed by atoms with Crippen LogP contribution in [0.2, 0.25) is 5.02 Å². The highest BCUT2D eigenvalue weighted by Gasteiger charge is 2.10. The molecule has 2 nitrogen and oxygen atoms in total. The second-order valence-electron chi connectivity index (χ2n) is 4.39. The zero-order chi connectivity index (χ0) is 11.5. The van der Waals surface area contributed by atoms with Gasteiger partial charge in [0.1, 0.15) is 0 Å². The number of hydrogen-bond donors (Lipinski definition) is 1. The molecule has 0 fully saturated rings. The number of anilines is 1. The summed E-state index contributed by atoms with van der Waals surface area (Å²) in [6.07, 6.45) is 3.46. The van der Waals surface area contributed by atoms with Gasteiger partial charge >= 0.3 is 0 Å². The van der Waals surface area contributed by atoms with Gasteiger partial charge in [0.05, 0.1) is 10.7 Å². The van der Waals surface area contributed by atoms with Gasteiger partial charge in [-0.1, -0.05) is 29.3 Å². The van der Waals surface area contributed by atoms with Crippen LogP contribution in [0.1, 0.15) is 18.9 Å². The maximum Gasteiger partial charge on any atom is 0.0638 e. The Morgan fingerprint density at radius 2 is 2.25 bits per heavy atom. The van der Waals surface area contributed by atoms with Crippen molar-refractivity contribution in [1.29, 1.82) is 0 Å². The van der Waals surface area contributed by atoms with E-state index in [0.717, 1.165) is 19.6 Å². The van der Waals surface area contributed by atoms with Crippen LogP contribution in [0, 0.1) is 0 Å². The maximum absolute atomic E-state index is 6.00. The van der Waals surface area contributed by atoms with Gasteiger partial charge in [-0.25, -0.2) is 0 Å². The van der Waals surface area contributed by atoms with E-state index in [1.165, 1.54) is 17.6 Å². The molecule has 3 heteroatoms. The Morgan fingerprint density at radius 1 is 1.44 bits per heavy atom. The van der Waals surface area contributed by atoms with Crippen LogP contribution < -0.4 is 5.73 Å². The van der Waals surface area contributed by atoms with Crippen LogP contribution in [0.4, 0.5) is 5.69 Å². The molecule has 16 heavy (non-hydrogen) atoms. The first-order chi connectivity index (χ1) is 7.65. The van der Waals surface area contributed by atoms with Crippen molar-refractivity contribution in [3.63, 3.8) is 0 Å². The highest BCUT2D eigenvalue weighted by molar-refractivity contribution is 6.33. The van der Waals surface area contributed by atoms with Gasteiger partial charge < -0.3 is 5.73 Å². The lowest BCUT2D eigenvalue weighted by molar-refractivity contribution is 0.286. The van der Waals surface area contributed by atoms with E-state index in [1.807, 2.05) is 18.2 Å². The molecule has 1 aromatic rings. The van der Waals surface area contributed by atoms with Gasteiger partial charge in [-0.3, -0.25) is 4.90 Å². The molecule has 0 aliphatic carbocycles. The Kier molecular flexibility index (Phi) is 3.52. The molecule has 0 saturated heterocycles. The van der Waals surface area contributed by atoms with Crippen LogP contribution in [0.3, 0.4) is 0 Å². The third-order valence-corrected chi connectivity index (χ3v) is 3.32. The zero-order valence-corrected chi connectivity index (χ0v) is 10.3. The molecular weight excluding hydrogens is 220 g/mol. The molecule has 1 aromatic carbocycles. The fourth-order valence-electron chi connectivity index (χ4n) is 1.88. The average molecular weight is 237 g/mol. The Bertz CT molecular complexity index is 412. The third kappa shape index (κ3) is 2.77. The summed E-state index contributed by atoms with van der Waals surface area (Å²) in [6, 6.07) is 5.89. The molecule has 86 valence electrons. The Morgan fingerprint density at radius 3 is 2.88 bits per heavy atom. The molecule has 0 unspecified atom stereocenters. The lowest BCUT2D eigenvalue weighted by Gasteiger charge is -2.25. The smallest absolute Gasteiger partial charge is 0.0638 e. The first kappa shape index (κ1) is 11.5. The highest BCUT2D eigenvalue weighted by atomic mass is 35.5. The molecule has 0 bridgehead atoms. The van der Waals surface area contributed by atoms with Gasteiger partial charge in [0.15, 0.2) is 0 Å². The SMILES string of the molecule is CC1=CCN(Cc2ccc(N)c(Cl)c2)CC1. The minimum atomic E-state index is 0.653. The molecule has 0 saturated carbocycles. The number of rotatable bonds is 2. The van der Waals surface area contributed by atoms with E-state index in [4.69, 9.17) is 17.3 Å². The maximum atomic E-state index is 6.00. The number of halogens is 1. The molecule has 0 atom stereocenters. The number of nitrogens with zero attached hydrogens (tertiary/aromatic N) is 1. The third-order valence-electron chi connectivity index (χ3n) is 2.99. The van der Waals surface area contributed by atoms with E-state index < -0.39 is 0 Å². The summed E-state index contributed by atoms with van der Waals surface area (Å²) in [5.74, 6) is 0. The molecule has 1 heterocycles. The summed E-state index contributed by atoms with van der Waals surface area (Å²) in [6.45, 7) is 5.30. The van der Waals surface area contributed by atoms with Gasteiger partial charge in [-0.15, -0.1) is 0 Å². The minimum Gasteiger partial charge on any atom is -0.398 e. The number of benzene rings is 1. The van der Waals surface area contributed by atoms with E-state index >= 15 is 0 Å². The molecule has 2 rings (SSSR count). The molecule has 1 aliphatic rings. The largest absolute Gasteiger partial charge is 0.398 e. The van der Waals surface area contributed by atoms with Crippen LogP contribution in [0.15, 0.2) is 29.8 Å². The van der Waals surface area contributed by atoms with Crippen molar-refractivity contribution >= 4 is 17.3 Å². The van der Waals surface area contributed by atoms with Gasteiger partial charge in [0.25, 0.3) is 0 Å². The summed E-state index contributed by atoms with van der Waals surface area (Å²) >= 11 is 6.00. The first-order valence-corrected chi connectivity index (χ1v) is 5.95. The lowest BCUT2D eigenvalue weighted by atomic mass is 10.1. The summed E-state index contributed by atoms with van der Waals surface area (Å²) in [5.41, 5.74) is 9.06. The summed E-state index contributed by atoms with van der Waals surface area (Å²) in [5, 5.41) is 0.654. The van der Waals surface area contributed by atoms with Crippen molar-refractivity contribution < 1.29 is 0 Å². The van der Waals surface area contributed by atoms with Gasteiger partial charge in [-0.2, -0.15) is 0 Å². The first-order valence-electron chi connectivity index (χ1n) is 5.57. The fraction of sp³-hybridized carbons (Fsp3) is 0.385. The standard InChI is InChI=1S/C13H17ClN2/c1-10-4-6-16(7-5-10)9-11-2-3-13(15)12(14)8-11/h2-4,8H,5-7,9,15H2,1H3. The zero-order valence-electron chi connectivity index (χ0n) is 9.54. The van der Waals surface area contributed by atoms with E-state index in [-0.39, 0.29) is 0 Å². The topological polar surface area (TPSA) is 29.3 Å². The fourth-order valence-corrected chi connectivity index (χ4v) is 2.09. The molecule has 0 amide bonds. The Labute approximate surface area is 102 Å². The molecule has 2 N–H and O–H groups in total. The second-order valence-corrected chi connectivity index (χ2v) is 4.80. The van der Waals surface area contributed by atoms with E-state index in [2.05, 4.69) is 17.9 Å². The lowest BCUT2D eigenvalue weighted by Crippen LogP contribution is -2.27. The molecular formula is C13H17ClN2. The van der Waals surface area contributed by atoms with Crippen LogP contribution in [0.25, 0.3) is 0 Å². The number of nitrogen functional groups attached to an aromatic ring is 1. The van der Waals surface area contributed by atoms with Crippen LogP contribution in [0.5, 0.6) is 0 Å². The van der Waals surface area contributed by atoms with E-state index in [0.29, 0.717) is 10.7 Å². The highest BCUT2D eigenvalue weighted by Crippen LogP contribution is 2.21. The Hall–Kier alpha value is -0.990. The van der Waals surface area contributed by atoms with Crippen molar-refractivity contribution in [1.82, 2.24) is 4.90 Å². The summed E-state index contributed by atoms with van der Waals surface area (Å²) in [7, 11) is 0. The van der Waals surface area contributed by atoms with Crippen LogP contribution >= 0.6 is 11.6 Å².